The number of para-hydroxylation sites is 1. The first-order valence-corrected chi connectivity index (χ1v) is 12.3. The molecule has 0 bridgehead atoms. The van der Waals surface area contributed by atoms with Crippen molar-refractivity contribution in [3.8, 4) is 0 Å². The zero-order valence-corrected chi connectivity index (χ0v) is 20.1. The highest BCUT2D eigenvalue weighted by Gasteiger charge is 2.27. The molecule has 32 heavy (non-hydrogen) atoms. The quantitative estimate of drug-likeness (QED) is 0.440. The number of sulfonamides is 1. The summed E-state index contributed by atoms with van der Waals surface area (Å²) in [5.41, 5.74) is 3.34. The summed E-state index contributed by atoms with van der Waals surface area (Å²) in [5, 5.41) is 3.88. The van der Waals surface area contributed by atoms with Crippen LogP contribution < -0.4 is 5.32 Å². The van der Waals surface area contributed by atoms with E-state index in [0.717, 1.165) is 27.5 Å². The highest BCUT2D eigenvalue weighted by Crippen LogP contribution is 2.23. The Bertz CT molecular complexity index is 1190. The van der Waals surface area contributed by atoms with Crippen LogP contribution in [-0.2, 0) is 27.8 Å². The third-order valence-electron chi connectivity index (χ3n) is 5.05. The van der Waals surface area contributed by atoms with Gasteiger partial charge in [-0.25, -0.2) is 8.42 Å². The monoisotopic (exact) mass is 490 g/mol. The standard InChI is InChI=1S/C24H24Cl2N2O3S/c1-3-19-6-4-5-17(2)24(19)27-23(29)16-28(15-18-7-9-20(25)10-8-18)32(30,31)22-13-11-21(26)12-14-22/h4-14H,3,15-16H2,1-2H3,(H,27,29). The summed E-state index contributed by atoms with van der Waals surface area (Å²) in [6.45, 7) is 3.59. The predicted octanol–water partition coefficient (Wildman–Crippen LogP) is 5.69. The van der Waals surface area contributed by atoms with Gasteiger partial charge in [0.15, 0.2) is 0 Å². The van der Waals surface area contributed by atoms with Crippen molar-refractivity contribution in [1.29, 1.82) is 0 Å². The molecule has 1 amide bonds. The molecule has 0 heterocycles. The number of hydrogen-bond donors (Lipinski definition) is 1. The second-order valence-corrected chi connectivity index (χ2v) is 10.2. The van der Waals surface area contributed by atoms with E-state index in [1.54, 1.807) is 24.3 Å². The Balaban J connectivity index is 1.91. The van der Waals surface area contributed by atoms with Crippen molar-refractivity contribution in [1.82, 2.24) is 4.31 Å². The highest BCUT2D eigenvalue weighted by atomic mass is 35.5. The van der Waals surface area contributed by atoms with Gasteiger partial charge in [0.1, 0.15) is 0 Å². The van der Waals surface area contributed by atoms with E-state index < -0.39 is 15.9 Å². The van der Waals surface area contributed by atoms with E-state index in [1.165, 1.54) is 24.3 Å². The van der Waals surface area contributed by atoms with Crippen LogP contribution >= 0.6 is 23.2 Å². The van der Waals surface area contributed by atoms with Crippen LogP contribution in [0.5, 0.6) is 0 Å². The van der Waals surface area contributed by atoms with Crippen LogP contribution in [0.15, 0.2) is 71.6 Å². The molecule has 3 rings (SSSR count). The first-order valence-electron chi connectivity index (χ1n) is 10.1. The van der Waals surface area contributed by atoms with E-state index in [-0.39, 0.29) is 18.0 Å². The van der Waals surface area contributed by atoms with Crippen LogP contribution in [0.2, 0.25) is 10.0 Å². The molecule has 0 aliphatic carbocycles. The molecule has 1 N–H and O–H groups in total. The molecule has 0 radical (unpaired) electrons. The fraction of sp³-hybridized carbons (Fsp3) is 0.208. The summed E-state index contributed by atoms with van der Waals surface area (Å²) in [6.07, 6.45) is 0.745. The van der Waals surface area contributed by atoms with Crippen LogP contribution in [0.1, 0.15) is 23.6 Å². The van der Waals surface area contributed by atoms with Gasteiger partial charge >= 0.3 is 0 Å². The topological polar surface area (TPSA) is 66.5 Å². The highest BCUT2D eigenvalue weighted by molar-refractivity contribution is 7.89. The van der Waals surface area contributed by atoms with Crippen molar-refractivity contribution < 1.29 is 13.2 Å². The fourth-order valence-electron chi connectivity index (χ4n) is 3.32. The average Bonchev–Trinajstić information content (AvgIpc) is 2.76. The minimum Gasteiger partial charge on any atom is -0.324 e. The number of nitrogens with zero attached hydrogens (tertiary/aromatic N) is 1. The fourth-order valence-corrected chi connectivity index (χ4v) is 4.95. The second-order valence-electron chi connectivity index (χ2n) is 7.36. The largest absolute Gasteiger partial charge is 0.324 e. The molecule has 168 valence electrons. The Hall–Kier alpha value is -2.38. The molecule has 0 aromatic heterocycles. The number of nitrogens with one attached hydrogen (secondary N) is 1. The lowest BCUT2D eigenvalue weighted by Gasteiger charge is -2.23. The van der Waals surface area contributed by atoms with Gasteiger partial charge in [-0.2, -0.15) is 4.31 Å². The molecule has 8 heteroatoms. The number of amides is 1. The van der Waals surface area contributed by atoms with E-state index in [1.807, 2.05) is 32.0 Å². The number of anilines is 1. The van der Waals surface area contributed by atoms with E-state index in [9.17, 15) is 13.2 Å². The summed E-state index contributed by atoms with van der Waals surface area (Å²) in [6, 6.07) is 18.5. The Labute approximate surface area is 199 Å². The molecular weight excluding hydrogens is 467 g/mol. The third-order valence-corrected chi connectivity index (χ3v) is 7.36. The lowest BCUT2D eigenvalue weighted by molar-refractivity contribution is -0.116. The minimum absolute atomic E-state index is 0.0178. The van der Waals surface area contributed by atoms with Gasteiger partial charge in [-0.3, -0.25) is 4.79 Å². The molecule has 0 saturated heterocycles. The van der Waals surface area contributed by atoms with Gasteiger partial charge in [0.25, 0.3) is 0 Å². The smallest absolute Gasteiger partial charge is 0.243 e. The summed E-state index contributed by atoms with van der Waals surface area (Å²) in [7, 11) is -3.96. The molecule has 0 spiro atoms. The third kappa shape index (κ3) is 5.90. The van der Waals surface area contributed by atoms with Crippen molar-refractivity contribution in [3.63, 3.8) is 0 Å². The normalized spacial score (nSPS) is 11.5. The zero-order valence-electron chi connectivity index (χ0n) is 17.8. The van der Waals surface area contributed by atoms with Crippen molar-refractivity contribution in [2.75, 3.05) is 11.9 Å². The molecule has 0 unspecified atom stereocenters. The van der Waals surface area contributed by atoms with Crippen molar-refractivity contribution in [2.24, 2.45) is 0 Å². The van der Waals surface area contributed by atoms with Crippen LogP contribution in [0, 0.1) is 6.92 Å². The number of hydrogen-bond acceptors (Lipinski definition) is 3. The van der Waals surface area contributed by atoms with Gasteiger partial charge in [0, 0.05) is 22.3 Å². The van der Waals surface area contributed by atoms with E-state index in [4.69, 9.17) is 23.2 Å². The van der Waals surface area contributed by atoms with Gasteiger partial charge in [-0.1, -0.05) is 60.5 Å². The minimum atomic E-state index is -3.96. The maximum absolute atomic E-state index is 13.4. The van der Waals surface area contributed by atoms with Gasteiger partial charge < -0.3 is 5.32 Å². The van der Waals surface area contributed by atoms with Crippen molar-refractivity contribution in [3.05, 3.63) is 93.5 Å². The van der Waals surface area contributed by atoms with Crippen LogP contribution in [0.3, 0.4) is 0 Å². The van der Waals surface area contributed by atoms with Gasteiger partial charge in [0.05, 0.1) is 11.4 Å². The molecule has 5 nitrogen and oxygen atoms in total. The maximum Gasteiger partial charge on any atom is 0.243 e. The van der Waals surface area contributed by atoms with Crippen molar-refractivity contribution >= 4 is 44.8 Å². The SMILES string of the molecule is CCc1cccc(C)c1NC(=O)CN(Cc1ccc(Cl)cc1)S(=O)(=O)c1ccc(Cl)cc1. The zero-order chi connectivity index (χ0) is 23.3. The molecule has 0 saturated carbocycles. The first-order chi connectivity index (χ1) is 15.2. The number of rotatable bonds is 8. The first kappa shape index (κ1) is 24.3. The Kier molecular flexibility index (Phi) is 7.96. The molecule has 0 fully saturated rings. The number of halogens is 2. The second kappa shape index (κ2) is 10.5. The van der Waals surface area contributed by atoms with Crippen molar-refractivity contribution in [2.45, 2.75) is 31.7 Å². The van der Waals surface area contributed by atoms with E-state index >= 15 is 0 Å². The van der Waals surface area contributed by atoms with Gasteiger partial charge in [0.2, 0.25) is 15.9 Å². The Morgan fingerprint density at radius 2 is 1.53 bits per heavy atom. The molecule has 3 aromatic carbocycles. The average molecular weight is 491 g/mol. The van der Waals surface area contributed by atoms with Gasteiger partial charge in [-0.15, -0.1) is 0 Å². The molecular formula is C24H24Cl2N2O3S. The number of carbonyl (C=O) groups excluding carboxylic acids is 1. The molecule has 0 aliphatic rings. The summed E-state index contributed by atoms with van der Waals surface area (Å²) in [4.78, 5) is 13.0. The number of carbonyl (C=O) groups is 1. The van der Waals surface area contributed by atoms with Crippen LogP contribution in [0.25, 0.3) is 0 Å². The number of benzene rings is 3. The van der Waals surface area contributed by atoms with E-state index in [2.05, 4.69) is 5.32 Å². The van der Waals surface area contributed by atoms with Crippen LogP contribution in [0.4, 0.5) is 5.69 Å². The summed E-state index contributed by atoms with van der Waals surface area (Å²) < 4.78 is 27.9. The maximum atomic E-state index is 13.4. The molecule has 3 aromatic rings. The number of aryl methyl sites for hydroxylation is 2. The Morgan fingerprint density at radius 3 is 2.12 bits per heavy atom. The van der Waals surface area contributed by atoms with Gasteiger partial charge in [-0.05, 0) is 66.4 Å². The van der Waals surface area contributed by atoms with E-state index in [0.29, 0.717) is 15.6 Å². The molecule has 0 atom stereocenters. The summed E-state index contributed by atoms with van der Waals surface area (Å²) >= 11 is 11.9. The van der Waals surface area contributed by atoms with Crippen LogP contribution in [-0.4, -0.2) is 25.2 Å². The lowest BCUT2D eigenvalue weighted by atomic mass is 10.1. The Morgan fingerprint density at radius 1 is 0.938 bits per heavy atom. The summed E-state index contributed by atoms with van der Waals surface area (Å²) in [5.74, 6) is -0.416. The lowest BCUT2D eigenvalue weighted by Crippen LogP contribution is -2.37. The predicted molar refractivity (Wildman–Crippen MR) is 130 cm³/mol. The molecule has 0 aliphatic heterocycles.